The monoisotopic (exact) mass is 462 g/mol. The number of allylic oxidation sites excluding steroid dienone is 2. The summed E-state index contributed by atoms with van der Waals surface area (Å²) >= 11 is 0. The first kappa shape index (κ1) is 23.3. The highest BCUT2D eigenvalue weighted by molar-refractivity contribution is 5.89. The summed E-state index contributed by atoms with van der Waals surface area (Å²) in [6.45, 7) is 0.111. The Morgan fingerprint density at radius 1 is 0.871 bits per heavy atom. The molecule has 0 heterocycles. The molecule has 2 aliphatic carbocycles. The van der Waals surface area contributed by atoms with Gasteiger partial charge in [0.15, 0.2) is 0 Å². The molecule has 2 bridgehead atoms. The fourth-order valence-corrected chi connectivity index (χ4v) is 3.58. The van der Waals surface area contributed by atoms with Crippen LogP contribution in [0.5, 0.6) is 5.75 Å². The number of carbonyl (C=O) groups excluding carboxylic acids is 1. The molecule has 172 valence electrons. The Balaban J connectivity index is 1.62. The molecular formula is C19H15F9O3. The maximum Gasteiger partial charge on any atom is 0.471 e. The highest BCUT2D eigenvalue weighted by Crippen LogP contribution is 2.53. The highest BCUT2D eigenvalue weighted by Gasteiger charge is 2.83. The van der Waals surface area contributed by atoms with E-state index in [0.29, 0.717) is 24.0 Å². The van der Waals surface area contributed by atoms with Gasteiger partial charge in [0.25, 0.3) is 0 Å². The SMILES string of the molecule is O=C(OCC1CC2C=CC1C2)c1ccc(OC(F)(F)C(F)(F)C(F)(F)C(F)(F)F)cc1. The van der Waals surface area contributed by atoms with Gasteiger partial charge < -0.3 is 9.47 Å². The van der Waals surface area contributed by atoms with Crippen LogP contribution in [0.4, 0.5) is 39.5 Å². The molecule has 0 amide bonds. The van der Waals surface area contributed by atoms with Crippen molar-refractivity contribution in [1.29, 1.82) is 0 Å². The first-order valence-corrected chi connectivity index (χ1v) is 9.00. The fourth-order valence-electron chi connectivity index (χ4n) is 3.58. The van der Waals surface area contributed by atoms with Crippen molar-refractivity contribution in [2.24, 2.45) is 17.8 Å². The summed E-state index contributed by atoms with van der Waals surface area (Å²) in [5.74, 6) is -15.1. The van der Waals surface area contributed by atoms with Crippen molar-refractivity contribution in [2.75, 3.05) is 6.61 Å². The predicted octanol–water partition coefficient (Wildman–Crippen LogP) is 5.86. The highest BCUT2D eigenvalue weighted by atomic mass is 19.4. The number of hydrogen-bond acceptors (Lipinski definition) is 3. The standard InChI is InChI=1S/C19H15F9O3/c20-16(21,18(24,25)26)17(22,23)19(27,28)31-14-5-3-11(4-6-14)15(29)30-9-13-8-10-1-2-12(13)7-10/h1-6,10,12-13H,7-9H2. The van der Waals surface area contributed by atoms with Crippen LogP contribution in [0.2, 0.25) is 0 Å². The first-order chi connectivity index (χ1) is 14.2. The van der Waals surface area contributed by atoms with Crippen molar-refractivity contribution in [3.63, 3.8) is 0 Å². The van der Waals surface area contributed by atoms with E-state index in [1.807, 2.05) is 6.08 Å². The Bertz CT molecular complexity index is 846. The van der Waals surface area contributed by atoms with Gasteiger partial charge in [-0.05, 0) is 54.9 Å². The zero-order valence-electron chi connectivity index (χ0n) is 15.4. The zero-order valence-corrected chi connectivity index (χ0v) is 15.4. The van der Waals surface area contributed by atoms with Gasteiger partial charge in [0.2, 0.25) is 0 Å². The molecule has 0 N–H and O–H groups in total. The first-order valence-electron chi connectivity index (χ1n) is 9.00. The summed E-state index contributed by atoms with van der Waals surface area (Å²) < 4.78 is 124. The van der Waals surface area contributed by atoms with E-state index in [1.54, 1.807) is 0 Å². The van der Waals surface area contributed by atoms with Crippen molar-refractivity contribution < 1.29 is 53.8 Å². The van der Waals surface area contributed by atoms with Gasteiger partial charge in [-0.3, -0.25) is 0 Å². The molecule has 1 saturated carbocycles. The van der Waals surface area contributed by atoms with Gasteiger partial charge in [-0.2, -0.15) is 39.5 Å². The number of carbonyl (C=O) groups is 1. The van der Waals surface area contributed by atoms with Crippen LogP contribution in [0, 0.1) is 17.8 Å². The van der Waals surface area contributed by atoms with Crippen LogP contribution in [0.15, 0.2) is 36.4 Å². The summed E-state index contributed by atoms with van der Waals surface area (Å²) in [5, 5.41) is 0. The van der Waals surface area contributed by atoms with Gasteiger partial charge in [-0.25, -0.2) is 4.79 Å². The minimum atomic E-state index is -7.05. The van der Waals surface area contributed by atoms with Crippen LogP contribution in [0.1, 0.15) is 23.2 Å². The van der Waals surface area contributed by atoms with E-state index in [-0.39, 0.29) is 18.1 Å². The number of fused-ring (bicyclic) bond motifs is 2. The smallest absolute Gasteiger partial charge is 0.462 e. The molecule has 12 heteroatoms. The maximum absolute atomic E-state index is 13.5. The summed E-state index contributed by atoms with van der Waals surface area (Å²) in [6, 6.07) is 2.75. The topological polar surface area (TPSA) is 35.5 Å². The molecule has 1 fully saturated rings. The minimum absolute atomic E-state index is 0.111. The lowest BCUT2D eigenvalue weighted by Gasteiger charge is -2.33. The molecule has 1 aromatic carbocycles. The molecule has 3 rings (SSSR count). The molecule has 0 aliphatic heterocycles. The second-order valence-corrected chi connectivity index (χ2v) is 7.43. The van der Waals surface area contributed by atoms with Crippen LogP contribution in [-0.4, -0.2) is 36.7 Å². The number of halogens is 9. The van der Waals surface area contributed by atoms with Crippen LogP contribution >= 0.6 is 0 Å². The average Bonchev–Trinajstić information content (AvgIpc) is 3.28. The Labute approximate surface area is 169 Å². The fraction of sp³-hybridized carbons (Fsp3) is 0.526. The molecule has 31 heavy (non-hydrogen) atoms. The van der Waals surface area contributed by atoms with E-state index >= 15 is 0 Å². The van der Waals surface area contributed by atoms with Crippen LogP contribution in [-0.2, 0) is 4.74 Å². The molecule has 0 saturated heterocycles. The Morgan fingerprint density at radius 3 is 1.97 bits per heavy atom. The molecule has 2 aliphatic rings. The van der Waals surface area contributed by atoms with Gasteiger partial charge in [-0.15, -0.1) is 0 Å². The predicted molar refractivity (Wildman–Crippen MR) is 87.1 cm³/mol. The number of rotatable bonds is 7. The molecule has 0 radical (unpaired) electrons. The summed E-state index contributed by atoms with van der Waals surface area (Å²) in [6.07, 6.45) is -7.19. The van der Waals surface area contributed by atoms with Crippen molar-refractivity contribution in [3.8, 4) is 5.75 Å². The molecule has 0 aromatic heterocycles. The van der Waals surface area contributed by atoms with Crippen molar-refractivity contribution in [3.05, 3.63) is 42.0 Å². The van der Waals surface area contributed by atoms with E-state index < -0.39 is 35.8 Å². The maximum atomic E-state index is 13.5. The van der Waals surface area contributed by atoms with Gasteiger partial charge >= 0.3 is 30.1 Å². The quantitative estimate of drug-likeness (QED) is 0.289. The van der Waals surface area contributed by atoms with Crippen molar-refractivity contribution >= 4 is 5.97 Å². The Morgan fingerprint density at radius 2 is 1.48 bits per heavy atom. The van der Waals surface area contributed by atoms with E-state index in [9.17, 15) is 44.3 Å². The second kappa shape index (κ2) is 7.63. The largest absolute Gasteiger partial charge is 0.471 e. The van der Waals surface area contributed by atoms with E-state index in [2.05, 4.69) is 10.8 Å². The van der Waals surface area contributed by atoms with E-state index in [0.717, 1.165) is 25.0 Å². The van der Waals surface area contributed by atoms with Gasteiger partial charge in [0.05, 0.1) is 12.2 Å². The van der Waals surface area contributed by atoms with Gasteiger partial charge in [0, 0.05) is 0 Å². The van der Waals surface area contributed by atoms with Gasteiger partial charge in [0.1, 0.15) is 5.75 Å². The van der Waals surface area contributed by atoms with Crippen molar-refractivity contribution in [2.45, 2.75) is 37.0 Å². The van der Waals surface area contributed by atoms with Crippen LogP contribution in [0.25, 0.3) is 0 Å². The number of esters is 1. The third kappa shape index (κ3) is 4.20. The molecule has 3 unspecified atom stereocenters. The number of benzene rings is 1. The Hall–Kier alpha value is -2.40. The Kier molecular flexibility index (Phi) is 5.72. The number of alkyl halides is 9. The van der Waals surface area contributed by atoms with Gasteiger partial charge in [-0.1, -0.05) is 12.2 Å². The molecular weight excluding hydrogens is 447 g/mol. The second-order valence-electron chi connectivity index (χ2n) is 7.43. The number of hydrogen-bond donors (Lipinski definition) is 0. The summed E-state index contributed by atoms with van der Waals surface area (Å²) in [4.78, 5) is 12.0. The minimum Gasteiger partial charge on any atom is -0.462 e. The lowest BCUT2D eigenvalue weighted by Crippen LogP contribution is -2.62. The summed E-state index contributed by atoms with van der Waals surface area (Å²) in [5.41, 5.74) is -0.179. The lowest BCUT2D eigenvalue weighted by molar-refractivity contribution is -0.428. The third-order valence-corrected chi connectivity index (χ3v) is 5.30. The van der Waals surface area contributed by atoms with Crippen LogP contribution in [0.3, 0.4) is 0 Å². The van der Waals surface area contributed by atoms with E-state index in [1.165, 1.54) is 0 Å². The molecule has 3 nitrogen and oxygen atoms in total. The molecule has 1 aromatic rings. The average molecular weight is 462 g/mol. The van der Waals surface area contributed by atoms with Crippen molar-refractivity contribution in [1.82, 2.24) is 0 Å². The summed E-state index contributed by atoms with van der Waals surface area (Å²) in [7, 11) is 0. The molecule has 0 spiro atoms. The zero-order chi connectivity index (χ0) is 23.2. The van der Waals surface area contributed by atoms with Crippen LogP contribution < -0.4 is 4.74 Å². The molecule has 3 atom stereocenters. The van der Waals surface area contributed by atoms with E-state index in [4.69, 9.17) is 4.74 Å². The lowest BCUT2D eigenvalue weighted by atomic mass is 9.95. The normalized spacial score (nSPS) is 23.8. The number of ether oxygens (including phenoxy) is 2. The third-order valence-electron chi connectivity index (χ3n) is 5.30.